The number of carboxylic acid groups (broad SMARTS) is 1. The van der Waals surface area contributed by atoms with Crippen molar-refractivity contribution in [2.75, 3.05) is 10.6 Å². The second kappa shape index (κ2) is 15.8. The summed E-state index contributed by atoms with van der Waals surface area (Å²) in [6.07, 6.45) is 1.62. The fraction of sp³-hybridized carbons (Fsp3) is 0.0526. The maximum Gasteiger partial charge on any atom is 0.337 e. The van der Waals surface area contributed by atoms with Crippen molar-refractivity contribution in [2.45, 2.75) is 17.1 Å². The number of aromatic carboxylic acids is 1. The van der Waals surface area contributed by atoms with Crippen LogP contribution in [0.1, 0.15) is 33.2 Å². The second-order valence-electron chi connectivity index (χ2n) is 10.6. The number of halogens is 1. The van der Waals surface area contributed by atoms with Gasteiger partial charge in [-0.2, -0.15) is 0 Å². The molecule has 1 unspecified atom stereocenters. The highest BCUT2D eigenvalue weighted by molar-refractivity contribution is 8.00. The van der Waals surface area contributed by atoms with E-state index in [0.717, 1.165) is 21.6 Å². The standard InChI is InChI=1S/C38H30ClN3O5S/c1-24(35(43)41-30-18-21-33(39)32(23-30)38(46)47)48-31-19-16-29(17-20-31)40-37(45)34(42-36(44)28-10-6-3-7-11-28)22-25-12-14-27(15-13-25)26-8-4-2-5-9-26/h2-24H,1H3,(H,40,45)(H,41,43)(H,42,44)(H,46,47)/b34-22-. The van der Waals surface area contributed by atoms with E-state index >= 15 is 0 Å². The Hall–Kier alpha value is -5.64. The number of benzene rings is 5. The highest BCUT2D eigenvalue weighted by Crippen LogP contribution is 2.27. The van der Waals surface area contributed by atoms with Gasteiger partial charge in [-0.1, -0.05) is 84.4 Å². The first-order valence-electron chi connectivity index (χ1n) is 14.8. The summed E-state index contributed by atoms with van der Waals surface area (Å²) < 4.78 is 0. The molecule has 0 radical (unpaired) electrons. The van der Waals surface area contributed by atoms with Gasteiger partial charge in [0.1, 0.15) is 5.70 Å². The fourth-order valence-corrected chi connectivity index (χ4v) is 5.66. The number of rotatable bonds is 11. The second-order valence-corrected chi connectivity index (χ2v) is 12.4. The number of carbonyl (C=O) groups excluding carboxylic acids is 3. The van der Waals surface area contributed by atoms with Gasteiger partial charge in [0.15, 0.2) is 0 Å². The maximum atomic E-state index is 13.5. The van der Waals surface area contributed by atoms with Crippen LogP contribution in [0.15, 0.2) is 138 Å². The number of thioether (sulfide) groups is 1. The van der Waals surface area contributed by atoms with Crippen LogP contribution in [-0.2, 0) is 9.59 Å². The number of nitrogens with one attached hydrogen (secondary N) is 3. The van der Waals surface area contributed by atoms with Crippen molar-refractivity contribution in [1.82, 2.24) is 5.32 Å². The van der Waals surface area contributed by atoms with Crippen LogP contribution in [0.5, 0.6) is 0 Å². The van der Waals surface area contributed by atoms with Gasteiger partial charge in [0.05, 0.1) is 15.8 Å². The van der Waals surface area contributed by atoms with Gasteiger partial charge in [-0.15, -0.1) is 11.8 Å². The molecular formula is C38H30ClN3O5S. The number of carboxylic acids is 1. The van der Waals surface area contributed by atoms with Crippen LogP contribution in [0.3, 0.4) is 0 Å². The lowest BCUT2D eigenvalue weighted by Crippen LogP contribution is -2.30. The van der Waals surface area contributed by atoms with Crippen molar-refractivity contribution in [2.24, 2.45) is 0 Å². The number of carbonyl (C=O) groups is 4. The van der Waals surface area contributed by atoms with Gasteiger partial charge in [-0.3, -0.25) is 14.4 Å². The Bertz CT molecular complexity index is 1970. The molecule has 240 valence electrons. The first-order chi connectivity index (χ1) is 23.2. The summed E-state index contributed by atoms with van der Waals surface area (Å²) in [7, 11) is 0. The van der Waals surface area contributed by atoms with E-state index in [-0.39, 0.29) is 22.2 Å². The molecular weight excluding hydrogens is 646 g/mol. The van der Waals surface area contributed by atoms with Crippen LogP contribution < -0.4 is 16.0 Å². The van der Waals surface area contributed by atoms with Gasteiger partial charge in [0.2, 0.25) is 5.91 Å². The molecule has 8 nitrogen and oxygen atoms in total. The molecule has 0 aromatic heterocycles. The van der Waals surface area contributed by atoms with E-state index in [0.29, 0.717) is 16.9 Å². The van der Waals surface area contributed by atoms with Crippen LogP contribution in [0.25, 0.3) is 17.2 Å². The predicted octanol–water partition coefficient (Wildman–Crippen LogP) is 8.23. The summed E-state index contributed by atoms with van der Waals surface area (Å²) in [6.45, 7) is 1.72. The Balaban J connectivity index is 1.27. The van der Waals surface area contributed by atoms with Gasteiger partial charge in [0.25, 0.3) is 11.8 Å². The molecule has 0 aliphatic carbocycles. The molecule has 0 bridgehead atoms. The van der Waals surface area contributed by atoms with Crippen LogP contribution in [-0.4, -0.2) is 34.0 Å². The van der Waals surface area contributed by atoms with Gasteiger partial charge >= 0.3 is 5.97 Å². The van der Waals surface area contributed by atoms with E-state index in [1.165, 1.54) is 30.0 Å². The summed E-state index contributed by atoms with van der Waals surface area (Å²) in [5, 5.41) is 17.1. The van der Waals surface area contributed by atoms with E-state index in [1.807, 2.05) is 54.6 Å². The molecule has 5 rings (SSSR count). The Labute approximate surface area is 286 Å². The molecule has 0 aliphatic heterocycles. The van der Waals surface area contributed by atoms with Crippen LogP contribution >= 0.6 is 23.4 Å². The van der Waals surface area contributed by atoms with E-state index in [9.17, 15) is 24.3 Å². The monoisotopic (exact) mass is 675 g/mol. The lowest BCUT2D eigenvalue weighted by atomic mass is 10.0. The minimum absolute atomic E-state index is 0.0633. The predicted molar refractivity (Wildman–Crippen MR) is 191 cm³/mol. The molecule has 0 saturated heterocycles. The first kappa shape index (κ1) is 33.7. The minimum Gasteiger partial charge on any atom is -0.478 e. The van der Waals surface area contributed by atoms with Crippen molar-refractivity contribution in [3.63, 3.8) is 0 Å². The summed E-state index contributed by atoms with van der Waals surface area (Å²) in [4.78, 5) is 51.4. The van der Waals surface area contributed by atoms with Crippen LogP contribution in [0.4, 0.5) is 11.4 Å². The lowest BCUT2D eigenvalue weighted by molar-refractivity contribution is -0.115. The Morgan fingerprint density at radius 1 is 0.729 bits per heavy atom. The van der Waals surface area contributed by atoms with E-state index in [1.54, 1.807) is 67.6 Å². The number of amides is 3. The minimum atomic E-state index is -1.19. The molecule has 0 aliphatic rings. The normalized spacial score (nSPS) is 11.7. The molecule has 3 amide bonds. The zero-order chi connectivity index (χ0) is 34.0. The Morgan fingerprint density at radius 2 is 1.33 bits per heavy atom. The van der Waals surface area contributed by atoms with E-state index in [2.05, 4.69) is 16.0 Å². The first-order valence-corrected chi connectivity index (χ1v) is 16.1. The zero-order valence-electron chi connectivity index (χ0n) is 25.6. The molecule has 0 fully saturated rings. The van der Waals surface area contributed by atoms with Gasteiger partial charge in [-0.05, 0) is 84.3 Å². The number of anilines is 2. The average molecular weight is 676 g/mol. The summed E-state index contributed by atoms with van der Waals surface area (Å²) in [6, 6.07) is 37.4. The van der Waals surface area contributed by atoms with Crippen molar-refractivity contribution in [3.8, 4) is 11.1 Å². The molecule has 48 heavy (non-hydrogen) atoms. The quantitative estimate of drug-likeness (QED) is 0.0826. The molecule has 1 atom stereocenters. The van der Waals surface area contributed by atoms with Crippen LogP contribution in [0.2, 0.25) is 5.02 Å². The lowest BCUT2D eigenvalue weighted by Gasteiger charge is -2.14. The number of hydrogen-bond donors (Lipinski definition) is 4. The molecule has 5 aromatic carbocycles. The van der Waals surface area contributed by atoms with Gasteiger partial charge < -0.3 is 21.1 Å². The molecule has 10 heteroatoms. The van der Waals surface area contributed by atoms with Crippen molar-refractivity contribution in [3.05, 3.63) is 155 Å². The van der Waals surface area contributed by atoms with Gasteiger partial charge in [-0.25, -0.2) is 4.79 Å². The molecule has 0 saturated carbocycles. The average Bonchev–Trinajstić information content (AvgIpc) is 3.10. The largest absolute Gasteiger partial charge is 0.478 e. The summed E-state index contributed by atoms with van der Waals surface area (Å²) in [5.41, 5.74) is 3.99. The third kappa shape index (κ3) is 9.00. The highest BCUT2D eigenvalue weighted by Gasteiger charge is 2.18. The Kier molecular flexibility index (Phi) is 11.1. The maximum absolute atomic E-state index is 13.5. The molecule has 4 N–H and O–H groups in total. The van der Waals surface area contributed by atoms with Crippen molar-refractivity contribution < 1.29 is 24.3 Å². The molecule has 0 spiro atoms. The zero-order valence-corrected chi connectivity index (χ0v) is 27.2. The summed E-state index contributed by atoms with van der Waals surface area (Å²) >= 11 is 7.21. The van der Waals surface area contributed by atoms with Gasteiger partial charge in [0, 0.05) is 21.8 Å². The highest BCUT2D eigenvalue weighted by atomic mass is 35.5. The smallest absolute Gasteiger partial charge is 0.337 e. The van der Waals surface area contributed by atoms with Crippen LogP contribution in [0, 0.1) is 0 Å². The van der Waals surface area contributed by atoms with Crippen molar-refractivity contribution in [1.29, 1.82) is 0 Å². The number of hydrogen-bond acceptors (Lipinski definition) is 5. The van der Waals surface area contributed by atoms with E-state index < -0.39 is 23.0 Å². The topological polar surface area (TPSA) is 125 Å². The summed E-state index contributed by atoms with van der Waals surface area (Å²) in [5.74, 6) is -2.45. The third-order valence-electron chi connectivity index (χ3n) is 7.12. The van der Waals surface area contributed by atoms with E-state index in [4.69, 9.17) is 11.6 Å². The fourth-order valence-electron chi connectivity index (χ4n) is 4.60. The SMILES string of the molecule is CC(Sc1ccc(NC(=O)/C(=C/c2ccc(-c3ccccc3)cc2)NC(=O)c2ccccc2)cc1)C(=O)Nc1ccc(Cl)c(C(=O)O)c1. The molecule has 5 aromatic rings. The third-order valence-corrected chi connectivity index (χ3v) is 8.56. The molecule has 0 heterocycles. The van der Waals surface area contributed by atoms with Crippen molar-refractivity contribution >= 4 is 64.5 Å². The Morgan fingerprint density at radius 3 is 1.98 bits per heavy atom.